The highest BCUT2D eigenvalue weighted by Gasteiger charge is 2.03. The molecular weight excluding hydrogens is 244 g/mol. The molecular formula is C10H9ClN4S. The number of thiocarbonyl (C=S) groups is 1. The molecule has 0 saturated carbocycles. The highest BCUT2D eigenvalue weighted by atomic mass is 35.5. The summed E-state index contributed by atoms with van der Waals surface area (Å²) in [7, 11) is 0. The van der Waals surface area contributed by atoms with Gasteiger partial charge >= 0.3 is 0 Å². The third kappa shape index (κ3) is 2.50. The Balaban J connectivity index is 2.24. The van der Waals surface area contributed by atoms with Gasteiger partial charge in [-0.1, -0.05) is 23.7 Å². The van der Waals surface area contributed by atoms with Crippen molar-refractivity contribution in [2.24, 2.45) is 5.73 Å². The first-order valence-electron chi connectivity index (χ1n) is 4.52. The van der Waals surface area contributed by atoms with Crippen molar-refractivity contribution in [2.75, 3.05) is 5.32 Å². The lowest BCUT2D eigenvalue weighted by Gasteiger charge is -1.99. The first kappa shape index (κ1) is 10.9. The summed E-state index contributed by atoms with van der Waals surface area (Å²) in [5.41, 5.74) is 7.20. The van der Waals surface area contributed by atoms with Crippen LogP contribution in [0.15, 0.2) is 30.5 Å². The van der Waals surface area contributed by atoms with Gasteiger partial charge in [-0.3, -0.25) is 0 Å². The molecule has 0 saturated heterocycles. The molecule has 2 aromatic rings. The van der Waals surface area contributed by atoms with E-state index in [-0.39, 0.29) is 5.11 Å². The second-order valence-electron chi connectivity index (χ2n) is 3.14. The Morgan fingerprint density at radius 1 is 1.38 bits per heavy atom. The fourth-order valence-corrected chi connectivity index (χ4v) is 1.50. The van der Waals surface area contributed by atoms with Crippen LogP contribution in [0.4, 0.5) is 5.95 Å². The molecule has 0 aliphatic carbocycles. The van der Waals surface area contributed by atoms with E-state index in [0.717, 1.165) is 11.3 Å². The average molecular weight is 253 g/mol. The Labute approximate surface area is 103 Å². The first-order chi connectivity index (χ1) is 7.65. The number of nitrogens with one attached hydrogen (secondary N) is 2. The van der Waals surface area contributed by atoms with Crippen molar-refractivity contribution in [1.82, 2.24) is 9.97 Å². The van der Waals surface area contributed by atoms with E-state index in [2.05, 4.69) is 15.3 Å². The number of imidazole rings is 1. The van der Waals surface area contributed by atoms with Crippen molar-refractivity contribution in [3.63, 3.8) is 0 Å². The van der Waals surface area contributed by atoms with E-state index in [9.17, 15) is 0 Å². The third-order valence-electron chi connectivity index (χ3n) is 1.97. The monoisotopic (exact) mass is 252 g/mol. The average Bonchev–Trinajstić information content (AvgIpc) is 2.66. The van der Waals surface area contributed by atoms with Crippen LogP contribution in [0.3, 0.4) is 0 Å². The second kappa shape index (κ2) is 4.51. The zero-order valence-corrected chi connectivity index (χ0v) is 9.77. The summed E-state index contributed by atoms with van der Waals surface area (Å²) in [6.45, 7) is 0. The van der Waals surface area contributed by atoms with Crippen molar-refractivity contribution in [3.05, 3.63) is 35.5 Å². The van der Waals surface area contributed by atoms with Crippen LogP contribution in [0.25, 0.3) is 11.3 Å². The molecule has 0 atom stereocenters. The van der Waals surface area contributed by atoms with E-state index >= 15 is 0 Å². The molecule has 0 radical (unpaired) electrons. The number of anilines is 1. The lowest BCUT2D eigenvalue weighted by Crippen LogP contribution is -2.19. The Kier molecular flexibility index (Phi) is 3.07. The smallest absolute Gasteiger partial charge is 0.206 e. The van der Waals surface area contributed by atoms with Crippen LogP contribution in [0, 0.1) is 0 Å². The van der Waals surface area contributed by atoms with E-state index in [0.29, 0.717) is 11.0 Å². The van der Waals surface area contributed by atoms with Crippen LogP contribution in [-0.2, 0) is 0 Å². The molecule has 2 rings (SSSR count). The number of rotatable bonds is 2. The van der Waals surface area contributed by atoms with E-state index in [4.69, 9.17) is 29.6 Å². The standard InChI is InChI=1S/C10H9ClN4S/c11-7-3-1-6(2-4-7)8-5-13-10(14-8)15-9(12)16/h1-5H,(H4,12,13,14,15,16). The number of benzene rings is 1. The maximum Gasteiger partial charge on any atom is 0.206 e. The molecule has 4 N–H and O–H groups in total. The normalized spacial score (nSPS) is 10.1. The number of hydrogen-bond acceptors (Lipinski definition) is 2. The molecule has 16 heavy (non-hydrogen) atoms. The quantitative estimate of drug-likeness (QED) is 0.718. The van der Waals surface area contributed by atoms with Gasteiger partial charge in [0.2, 0.25) is 5.95 Å². The van der Waals surface area contributed by atoms with Crippen molar-refractivity contribution < 1.29 is 0 Å². The van der Waals surface area contributed by atoms with Gasteiger partial charge in [0.15, 0.2) is 5.11 Å². The highest BCUT2D eigenvalue weighted by Crippen LogP contribution is 2.20. The van der Waals surface area contributed by atoms with Crippen molar-refractivity contribution in [3.8, 4) is 11.3 Å². The minimum Gasteiger partial charge on any atom is -0.376 e. The van der Waals surface area contributed by atoms with Crippen molar-refractivity contribution in [2.45, 2.75) is 0 Å². The Bertz CT molecular complexity index is 506. The minimum absolute atomic E-state index is 0.178. The van der Waals surface area contributed by atoms with E-state index in [1.807, 2.05) is 24.3 Å². The fraction of sp³-hybridized carbons (Fsp3) is 0. The highest BCUT2D eigenvalue weighted by molar-refractivity contribution is 7.80. The molecule has 0 bridgehead atoms. The molecule has 1 heterocycles. The predicted octanol–water partition coefficient (Wildman–Crippen LogP) is 2.39. The minimum atomic E-state index is 0.178. The summed E-state index contributed by atoms with van der Waals surface area (Å²) in [6.07, 6.45) is 1.70. The topological polar surface area (TPSA) is 66.7 Å². The molecule has 1 aromatic heterocycles. The lowest BCUT2D eigenvalue weighted by molar-refractivity contribution is 1.30. The van der Waals surface area contributed by atoms with Gasteiger partial charge in [0.25, 0.3) is 0 Å². The number of halogens is 1. The van der Waals surface area contributed by atoms with Crippen LogP contribution in [0.1, 0.15) is 0 Å². The van der Waals surface area contributed by atoms with E-state index in [1.54, 1.807) is 6.20 Å². The van der Waals surface area contributed by atoms with E-state index in [1.165, 1.54) is 0 Å². The van der Waals surface area contributed by atoms with Gasteiger partial charge in [0.1, 0.15) is 0 Å². The molecule has 0 amide bonds. The number of H-pyrrole nitrogens is 1. The van der Waals surface area contributed by atoms with Gasteiger partial charge in [-0.25, -0.2) is 4.98 Å². The molecule has 0 spiro atoms. The number of hydrogen-bond donors (Lipinski definition) is 3. The van der Waals surface area contributed by atoms with Gasteiger partial charge in [0.05, 0.1) is 11.9 Å². The number of nitrogens with zero attached hydrogens (tertiary/aromatic N) is 1. The van der Waals surface area contributed by atoms with Crippen molar-refractivity contribution in [1.29, 1.82) is 0 Å². The van der Waals surface area contributed by atoms with Crippen LogP contribution in [-0.4, -0.2) is 15.1 Å². The Morgan fingerprint density at radius 3 is 2.69 bits per heavy atom. The number of aromatic nitrogens is 2. The predicted molar refractivity (Wildman–Crippen MR) is 69.4 cm³/mol. The number of aromatic amines is 1. The summed E-state index contributed by atoms with van der Waals surface area (Å²) >= 11 is 10.5. The summed E-state index contributed by atoms with van der Waals surface area (Å²) in [5, 5.41) is 3.60. The summed E-state index contributed by atoms with van der Waals surface area (Å²) in [6, 6.07) is 7.44. The second-order valence-corrected chi connectivity index (χ2v) is 4.02. The zero-order valence-electron chi connectivity index (χ0n) is 8.20. The lowest BCUT2D eigenvalue weighted by atomic mass is 10.2. The van der Waals surface area contributed by atoms with Gasteiger partial charge in [0, 0.05) is 5.02 Å². The molecule has 6 heteroatoms. The van der Waals surface area contributed by atoms with Gasteiger partial charge in [-0.2, -0.15) is 0 Å². The van der Waals surface area contributed by atoms with Gasteiger partial charge in [-0.15, -0.1) is 0 Å². The molecule has 0 fully saturated rings. The first-order valence-corrected chi connectivity index (χ1v) is 5.31. The molecule has 0 aliphatic rings. The van der Waals surface area contributed by atoms with Crippen LogP contribution < -0.4 is 11.1 Å². The summed E-state index contributed by atoms with van der Waals surface area (Å²) < 4.78 is 0. The van der Waals surface area contributed by atoms with Gasteiger partial charge < -0.3 is 16.0 Å². The van der Waals surface area contributed by atoms with Crippen LogP contribution >= 0.6 is 23.8 Å². The van der Waals surface area contributed by atoms with Crippen molar-refractivity contribution >= 4 is 34.9 Å². The van der Waals surface area contributed by atoms with E-state index < -0.39 is 0 Å². The molecule has 1 aromatic carbocycles. The molecule has 82 valence electrons. The molecule has 0 aliphatic heterocycles. The number of nitrogens with two attached hydrogens (primary N) is 1. The Hall–Kier alpha value is -1.59. The van der Waals surface area contributed by atoms with Crippen LogP contribution in [0.2, 0.25) is 5.02 Å². The largest absolute Gasteiger partial charge is 0.376 e. The summed E-state index contributed by atoms with van der Waals surface area (Å²) in [4.78, 5) is 7.14. The maximum atomic E-state index is 5.80. The SMILES string of the molecule is NC(=S)Nc1ncc(-c2ccc(Cl)cc2)[nH]1. The van der Waals surface area contributed by atoms with Gasteiger partial charge in [-0.05, 0) is 29.9 Å². The molecule has 0 unspecified atom stereocenters. The fourth-order valence-electron chi connectivity index (χ4n) is 1.28. The third-order valence-corrected chi connectivity index (χ3v) is 2.33. The maximum absolute atomic E-state index is 5.80. The Morgan fingerprint density at radius 2 is 2.06 bits per heavy atom. The van der Waals surface area contributed by atoms with Crippen LogP contribution in [0.5, 0.6) is 0 Å². The summed E-state index contributed by atoms with van der Waals surface area (Å²) in [5.74, 6) is 0.525. The zero-order chi connectivity index (χ0) is 11.5. The molecule has 4 nitrogen and oxygen atoms in total.